The minimum absolute atomic E-state index is 0.0784. The second-order valence-corrected chi connectivity index (χ2v) is 7.86. The number of H-pyrrole nitrogens is 1. The van der Waals surface area contributed by atoms with Gasteiger partial charge in [-0.15, -0.1) is 0 Å². The minimum atomic E-state index is -0.465. The van der Waals surface area contributed by atoms with E-state index < -0.39 is 5.60 Å². The lowest BCUT2D eigenvalue weighted by Crippen LogP contribution is -2.45. The van der Waals surface area contributed by atoms with Gasteiger partial charge in [0.2, 0.25) is 0 Å². The molecule has 23 heavy (non-hydrogen) atoms. The van der Waals surface area contributed by atoms with E-state index in [-0.39, 0.29) is 11.5 Å². The number of nitrogens with zero attached hydrogens (tertiary/aromatic N) is 2. The average Bonchev–Trinajstić information content (AvgIpc) is 2.46. The van der Waals surface area contributed by atoms with Crippen molar-refractivity contribution in [3.63, 3.8) is 0 Å². The van der Waals surface area contributed by atoms with Crippen LogP contribution in [0.5, 0.6) is 0 Å². The molecule has 0 aliphatic carbocycles. The SMILES string of the molecule is CC1(CNC(=O)OC(C)(C)C)CCN(c2c[nH]c(=S)cn2)CC1. The highest BCUT2D eigenvalue weighted by atomic mass is 32.1. The van der Waals surface area contributed by atoms with Crippen LogP contribution in [0.3, 0.4) is 0 Å². The van der Waals surface area contributed by atoms with Crippen LogP contribution in [0, 0.1) is 10.1 Å². The van der Waals surface area contributed by atoms with Crippen LogP contribution in [0.1, 0.15) is 40.5 Å². The van der Waals surface area contributed by atoms with Gasteiger partial charge in [0.1, 0.15) is 16.1 Å². The van der Waals surface area contributed by atoms with E-state index in [1.165, 1.54) is 0 Å². The van der Waals surface area contributed by atoms with Crippen LogP contribution in [0.2, 0.25) is 0 Å². The molecule has 1 aliphatic rings. The van der Waals surface area contributed by atoms with Gasteiger partial charge in [-0.05, 0) is 39.0 Å². The Morgan fingerprint density at radius 1 is 1.48 bits per heavy atom. The van der Waals surface area contributed by atoms with Gasteiger partial charge in [-0.2, -0.15) is 0 Å². The molecule has 2 N–H and O–H groups in total. The third kappa shape index (κ3) is 5.49. The van der Waals surface area contributed by atoms with Gasteiger partial charge < -0.3 is 19.9 Å². The zero-order valence-electron chi connectivity index (χ0n) is 14.3. The van der Waals surface area contributed by atoms with Crippen LogP contribution < -0.4 is 10.2 Å². The third-order valence-electron chi connectivity index (χ3n) is 4.01. The summed E-state index contributed by atoms with van der Waals surface area (Å²) in [6, 6.07) is 0. The summed E-state index contributed by atoms with van der Waals surface area (Å²) in [7, 11) is 0. The number of piperidine rings is 1. The normalized spacial score (nSPS) is 17.7. The monoisotopic (exact) mass is 338 g/mol. The summed E-state index contributed by atoms with van der Waals surface area (Å²) in [6.45, 7) is 10.2. The van der Waals surface area contributed by atoms with Crippen molar-refractivity contribution in [1.29, 1.82) is 0 Å². The Kier molecular flexibility index (Phi) is 5.29. The Hall–Kier alpha value is -1.63. The number of carbonyl (C=O) groups is 1. The first kappa shape index (κ1) is 17.7. The van der Waals surface area contributed by atoms with Crippen LogP contribution in [0.4, 0.5) is 10.6 Å². The number of carbonyl (C=O) groups excluding carboxylic acids is 1. The first-order chi connectivity index (χ1) is 10.7. The Morgan fingerprint density at radius 3 is 2.65 bits per heavy atom. The maximum atomic E-state index is 11.8. The number of anilines is 1. The predicted molar refractivity (Wildman–Crippen MR) is 93.2 cm³/mol. The molecule has 0 aromatic carbocycles. The number of hydrogen-bond acceptors (Lipinski definition) is 5. The van der Waals surface area contributed by atoms with E-state index in [1.54, 1.807) is 6.20 Å². The van der Waals surface area contributed by atoms with Crippen LogP contribution in [-0.2, 0) is 4.74 Å². The Labute approximate surface area is 142 Å². The van der Waals surface area contributed by atoms with Crippen LogP contribution in [-0.4, -0.2) is 41.3 Å². The van der Waals surface area contributed by atoms with Gasteiger partial charge in [-0.1, -0.05) is 19.1 Å². The highest BCUT2D eigenvalue weighted by molar-refractivity contribution is 7.71. The summed E-state index contributed by atoms with van der Waals surface area (Å²) >= 11 is 5.02. The maximum Gasteiger partial charge on any atom is 0.407 e. The number of amides is 1. The number of alkyl carbamates (subject to hydrolysis) is 1. The van der Waals surface area contributed by atoms with E-state index in [2.05, 4.69) is 27.1 Å². The highest BCUT2D eigenvalue weighted by Gasteiger charge is 2.31. The van der Waals surface area contributed by atoms with Crippen molar-refractivity contribution in [3.8, 4) is 0 Å². The summed E-state index contributed by atoms with van der Waals surface area (Å²) in [5, 5.41) is 2.90. The van der Waals surface area contributed by atoms with E-state index >= 15 is 0 Å². The summed E-state index contributed by atoms with van der Waals surface area (Å²) < 4.78 is 5.93. The second kappa shape index (κ2) is 6.86. The van der Waals surface area contributed by atoms with E-state index in [0.717, 1.165) is 31.7 Å². The second-order valence-electron chi connectivity index (χ2n) is 7.42. The summed E-state index contributed by atoms with van der Waals surface area (Å²) in [5.41, 5.74) is -0.386. The van der Waals surface area contributed by atoms with Gasteiger partial charge in [0.25, 0.3) is 0 Å². The Balaban J connectivity index is 1.83. The maximum absolute atomic E-state index is 11.8. The summed E-state index contributed by atoms with van der Waals surface area (Å²) in [5.74, 6) is 0.917. The molecule has 1 aromatic heterocycles. The van der Waals surface area contributed by atoms with E-state index in [9.17, 15) is 4.79 Å². The number of aromatic amines is 1. The fourth-order valence-corrected chi connectivity index (χ4v) is 2.67. The number of ether oxygens (including phenoxy) is 1. The molecule has 0 atom stereocenters. The van der Waals surface area contributed by atoms with Gasteiger partial charge >= 0.3 is 6.09 Å². The summed E-state index contributed by atoms with van der Waals surface area (Å²) in [4.78, 5) is 21.4. The van der Waals surface area contributed by atoms with Gasteiger partial charge in [-0.25, -0.2) is 9.78 Å². The van der Waals surface area contributed by atoms with Gasteiger partial charge in [-0.3, -0.25) is 0 Å². The molecular weight excluding hydrogens is 312 g/mol. The predicted octanol–water partition coefficient (Wildman–Crippen LogP) is 3.27. The molecule has 1 aliphatic heterocycles. The number of aromatic nitrogens is 2. The minimum Gasteiger partial charge on any atom is -0.444 e. The van der Waals surface area contributed by atoms with Gasteiger partial charge in [0, 0.05) is 25.8 Å². The van der Waals surface area contributed by atoms with Crippen molar-refractivity contribution < 1.29 is 9.53 Å². The molecule has 2 heterocycles. The molecule has 0 unspecified atom stereocenters. The fraction of sp³-hybridized carbons (Fsp3) is 0.688. The van der Waals surface area contributed by atoms with Crippen molar-refractivity contribution >= 4 is 24.1 Å². The zero-order valence-corrected chi connectivity index (χ0v) is 15.1. The molecule has 1 amide bonds. The molecule has 6 nitrogen and oxygen atoms in total. The molecule has 0 bridgehead atoms. The first-order valence-corrected chi connectivity index (χ1v) is 8.34. The fourth-order valence-electron chi connectivity index (χ4n) is 2.56. The highest BCUT2D eigenvalue weighted by Crippen LogP contribution is 2.31. The van der Waals surface area contributed by atoms with Gasteiger partial charge in [0.15, 0.2) is 0 Å². The standard InChI is InChI=1S/C16H26N4O2S/c1-15(2,3)22-14(21)19-11-16(4)5-7-20(8-6-16)12-9-18-13(23)10-17-12/h9-10H,5-8,11H2,1-4H3,(H,18,23)(H,19,21). The number of hydrogen-bond donors (Lipinski definition) is 2. The van der Waals surface area contributed by atoms with Crippen molar-refractivity contribution in [1.82, 2.24) is 15.3 Å². The van der Waals surface area contributed by atoms with Crippen molar-refractivity contribution in [3.05, 3.63) is 17.0 Å². The zero-order chi connectivity index (χ0) is 17.1. The Bertz CT molecular complexity index is 580. The molecule has 1 aromatic rings. The van der Waals surface area contributed by atoms with Crippen LogP contribution in [0.25, 0.3) is 0 Å². The van der Waals surface area contributed by atoms with Crippen molar-refractivity contribution in [2.45, 2.75) is 46.1 Å². The molecule has 128 valence electrons. The molecule has 1 saturated heterocycles. The van der Waals surface area contributed by atoms with Crippen LogP contribution in [0.15, 0.2) is 12.4 Å². The lowest BCUT2D eigenvalue weighted by molar-refractivity contribution is 0.0495. The lowest BCUT2D eigenvalue weighted by atomic mass is 9.80. The van der Waals surface area contributed by atoms with Crippen LogP contribution >= 0.6 is 12.2 Å². The topological polar surface area (TPSA) is 70.2 Å². The van der Waals surface area contributed by atoms with Crippen molar-refractivity contribution in [2.24, 2.45) is 5.41 Å². The lowest BCUT2D eigenvalue weighted by Gasteiger charge is -2.40. The summed E-state index contributed by atoms with van der Waals surface area (Å²) in [6.07, 6.45) is 5.14. The molecular formula is C16H26N4O2S. The quantitative estimate of drug-likeness (QED) is 0.828. The largest absolute Gasteiger partial charge is 0.444 e. The molecule has 2 rings (SSSR count). The molecule has 1 fully saturated rings. The average molecular weight is 338 g/mol. The molecule has 0 saturated carbocycles. The van der Waals surface area contributed by atoms with E-state index in [4.69, 9.17) is 17.0 Å². The Morgan fingerprint density at radius 2 is 2.13 bits per heavy atom. The van der Waals surface area contributed by atoms with Gasteiger partial charge in [0.05, 0.1) is 6.20 Å². The van der Waals surface area contributed by atoms with E-state index in [1.807, 2.05) is 27.0 Å². The molecule has 0 radical (unpaired) electrons. The first-order valence-electron chi connectivity index (χ1n) is 7.93. The van der Waals surface area contributed by atoms with Crippen molar-refractivity contribution in [2.75, 3.05) is 24.5 Å². The molecule has 7 heteroatoms. The third-order valence-corrected chi connectivity index (χ3v) is 4.23. The number of rotatable bonds is 3. The van der Waals surface area contributed by atoms with E-state index in [0.29, 0.717) is 11.2 Å². The molecule has 0 spiro atoms. The number of nitrogens with one attached hydrogen (secondary N) is 2. The smallest absolute Gasteiger partial charge is 0.407 e.